The average Bonchev–Trinajstić information content (AvgIpc) is 2.59. The van der Waals surface area contributed by atoms with Crippen LogP contribution >= 0.6 is 0 Å². The number of carbonyl (C=O) groups is 1. The van der Waals surface area contributed by atoms with Crippen molar-refractivity contribution in [2.45, 2.75) is 39.7 Å². The summed E-state index contributed by atoms with van der Waals surface area (Å²) in [5, 5.41) is 6.82. The summed E-state index contributed by atoms with van der Waals surface area (Å²) in [6.07, 6.45) is 1.79. The molecule has 0 bridgehead atoms. The fraction of sp³-hybridized carbons (Fsp3) is 0.636. The Morgan fingerprint density at radius 3 is 2.69 bits per heavy atom. The normalized spacial score (nSPS) is 10.8. The maximum atomic E-state index is 12.0. The van der Waals surface area contributed by atoms with Gasteiger partial charge in [-0.3, -0.25) is 9.89 Å². The predicted molar refractivity (Wildman–Crippen MR) is 64.2 cm³/mol. The number of aryl methyl sites for hydroxylation is 1. The maximum absolute atomic E-state index is 12.0. The third-order valence-electron chi connectivity index (χ3n) is 2.68. The minimum absolute atomic E-state index is 0.133. The topological polar surface area (TPSA) is 75.0 Å². The zero-order valence-corrected chi connectivity index (χ0v) is 10.4. The Morgan fingerprint density at radius 2 is 2.19 bits per heavy atom. The molecule has 0 aliphatic heterocycles. The lowest BCUT2D eigenvalue weighted by Gasteiger charge is -2.20. The van der Waals surface area contributed by atoms with Gasteiger partial charge >= 0.3 is 0 Å². The van der Waals surface area contributed by atoms with E-state index in [1.54, 1.807) is 11.9 Å². The molecule has 5 nitrogen and oxygen atoms in total. The molecule has 1 aromatic rings. The van der Waals surface area contributed by atoms with Crippen LogP contribution in [0.15, 0.2) is 0 Å². The molecule has 0 aliphatic carbocycles. The SMILES string of the molecule is CCCc1[nH]nc(C(=O)N(C)C(C)C)c1N. The molecule has 5 heteroatoms. The second-order valence-corrected chi connectivity index (χ2v) is 4.22. The zero-order chi connectivity index (χ0) is 12.3. The average molecular weight is 224 g/mol. The summed E-state index contributed by atoms with van der Waals surface area (Å²) in [6, 6.07) is 0.137. The predicted octanol–water partition coefficient (Wildman–Crippen LogP) is 1.42. The minimum Gasteiger partial charge on any atom is -0.395 e. The monoisotopic (exact) mass is 224 g/mol. The molecule has 1 aromatic heterocycles. The maximum Gasteiger partial charge on any atom is 0.276 e. The Bertz CT molecular complexity index is 370. The summed E-state index contributed by atoms with van der Waals surface area (Å²) in [6.45, 7) is 5.96. The van der Waals surface area contributed by atoms with E-state index in [0.29, 0.717) is 11.4 Å². The van der Waals surface area contributed by atoms with E-state index in [1.165, 1.54) is 0 Å². The lowest BCUT2D eigenvalue weighted by molar-refractivity contribution is 0.0750. The van der Waals surface area contributed by atoms with E-state index in [0.717, 1.165) is 18.5 Å². The van der Waals surface area contributed by atoms with Crippen LogP contribution in [0.25, 0.3) is 0 Å². The van der Waals surface area contributed by atoms with Crippen LogP contribution in [0.5, 0.6) is 0 Å². The standard InChI is InChI=1S/C11H20N4O/c1-5-6-8-9(12)10(14-13-8)11(16)15(4)7(2)3/h7H,5-6,12H2,1-4H3,(H,13,14). The number of hydrogen-bond acceptors (Lipinski definition) is 3. The van der Waals surface area contributed by atoms with Crippen molar-refractivity contribution in [3.63, 3.8) is 0 Å². The highest BCUT2D eigenvalue weighted by atomic mass is 16.2. The van der Waals surface area contributed by atoms with Crippen molar-refractivity contribution in [2.75, 3.05) is 12.8 Å². The number of carbonyl (C=O) groups excluding carboxylic acids is 1. The summed E-state index contributed by atoms with van der Waals surface area (Å²) in [7, 11) is 1.75. The zero-order valence-electron chi connectivity index (χ0n) is 10.4. The minimum atomic E-state index is -0.133. The van der Waals surface area contributed by atoms with Crippen molar-refractivity contribution in [2.24, 2.45) is 0 Å². The fourth-order valence-electron chi connectivity index (χ4n) is 1.39. The summed E-state index contributed by atoms with van der Waals surface area (Å²) < 4.78 is 0. The van der Waals surface area contributed by atoms with Gasteiger partial charge in [0.2, 0.25) is 0 Å². The number of aromatic nitrogens is 2. The van der Waals surface area contributed by atoms with Crippen molar-refractivity contribution in [1.29, 1.82) is 0 Å². The van der Waals surface area contributed by atoms with Crippen LogP contribution in [0.3, 0.4) is 0 Å². The Morgan fingerprint density at radius 1 is 1.56 bits per heavy atom. The third kappa shape index (κ3) is 2.35. The Hall–Kier alpha value is -1.52. The molecule has 16 heavy (non-hydrogen) atoms. The van der Waals surface area contributed by atoms with Gasteiger partial charge in [0.15, 0.2) is 5.69 Å². The number of aromatic amines is 1. The second kappa shape index (κ2) is 5.01. The van der Waals surface area contributed by atoms with E-state index in [1.807, 2.05) is 13.8 Å². The van der Waals surface area contributed by atoms with E-state index in [4.69, 9.17) is 5.73 Å². The van der Waals surface area contributed by atoms with Crippen LogP contribution in [0.1, 0.15) is 43.4 Å². The summed E-state index contributed by atoms with van der Waals surface area (Å²) in [4.78, 5) is 13.6. The van der Waals surface area contributed by atoms with Crippen LogP contribution in [-0.4, -0.2) is 34.1 Å². The van der Waals surface area contributed by atoms with Crippen molar-refractivity contribution in [1.82, 2.24) is 15.1 Å². The number of nitrogen functional groups attached to an aromatic ring is 1. The van der Waals surface area contributed by atoms with E-state index in [2.05, 4.69) is 17.1 Å². The molecular formula is C11H20N4O. The number of nitrogens with one attached hydrogen (secondary N) is 1. The second-order valence-electron chi connectivity index (χ2n) is 4.22. The Kier molecular flexibility index (Phi) is 3.93. The van der Waals surface area contributed by atoms with Gasteiger partial charge in [0, 0.05) is 13.1 Å². The molecule has 0 spiro atoms. The first-order valence-electron chi connectivity index (χ1n) is 5.58. The first-order valence-corrected chi connectivity index (χ1v) is 5.58. The first-order chi connectivity index (χ1) is 7.49. The van der Waals surface area contributed by atoms with Gasteiger partial charge in [-0.1, -0.05) is 13.3 Å². The van der Waals surface area contributed by atoms with Crippen LogP contribution in [0.4, 0.5) is 5.69 Å². The van der Waals surface area contributed by atoms with Gasteiger partial charge in [-0.15, -0.1) is 0 Å². The molecule has 0 radical (unpaired) electrons. The molecule has 1 rings (SSSR count). The molecule has 0 aliphatic rings. The van der Waals surface area contributed by atoms with Gasteiger partial charge < -0.3 is 10.6 Å². The van der Waals surface area contributed by atoms with E-state index < -0.39 is 0 Å². The molecule has 1 heterocycles. The van der Waals surface area contributed by atoms with E-state index >= 15 is 0 Å². The van der Waals surface area contributed by atoms with Gasteiger partial charge in [0.25, 0.3) is 5.91 Å². The number of H-pyrrole nitrogens is 1. The van der Waals surface area contributed by atoms with Crippen molar-refractivity contribution >= 4 is 11.6 Å². The highest BCUT2D eigenvalue weighted by molar-refractivity contribution is 5.97. The number of amides is 1. The number of nitrogens with zero attached hydrogens (tertiary/aromatic N) is 2. The summed E-state index contributed by atoms with van der Waals surface area (Å²) in [5.74, 6) is -0.133. The lowest BCUT2D eigenvalue weighted by atomic mass is 10.2. The molecule has 0 saturated heterocycles. The molecule has 0 fully saturated rings. The third-order valence-corrected chi connectivity index (χ3v) is 2.68. The molecule has 0 aromatic carbocycles. The number of nitrogens with two attached hydrogens (primary N) is 1. The molecular weight excluding hydrogens is 204 g/mol. The van der Waals surface area contributed by atoms with Gasteiger partial charge in [-0.05, 0) is 20.3 Å². The van der Waals surface area contributed by atoms with E-state index in [-0.39, 0.29) is 11.9 Å². The van der Waals surface area contributed by atoms with E-state index in [9.17, 15) is 4.79 Å². The summed E-state index contributed by atoms with van der Waals surface area (Å²) in [5.41, 5.74) is 7.56. The fourth-order valence-corrected chi connectivity index (χ4v) is 1.39. The number of anilines is 1. The van der Waals surface area contributed by atoms with Gasteiger partial charge in [0.1, 0.15) is 0 Å². The highest BCUT2D eigenvalue weighted by Gasteiger charge is 2.21. The lowest BCUT2D eigenvalue weighted by Crippen LogP contribution is -2.33. The van der Waals surface area contributed by atoms with Crippen LogP contribution in [0, 0.1) is 0 Å². The first kappa shape index (κ1) is 12.5. The van der Waals surface area contributed by atoms with Gasteiger partial charge in [0.05, 0.1) is 11.4 Å². The van der Waals surface area contributed by atoms with Crippen LogP contribution in [-0.2, 0) is 6.42 Å². The van der Waals surface area contributed by atoms with Crippen molar-refractivity contribution < 1.29 is 4.79 Å². The van der Waals surface area contributed by atoms with Crippen LogP contribution < -0.4 is 5.73 Å². The molecule has 1 amide bonds. The van der Waals surface area contributed by atoms with Gasteiger partial charge in [-0.25, -0.2) is 0 Å². The van der Waals surface area contributed by atoms with Crippen LogP contribution in [0.2, 0.25) is 0 Å². The summed E-state index contributed by atoms with van der Waals surface area (Å²) >= 11 is 0. The quantitative estimate of drug-likeness (QED) is 0.812. The molecule has 90 valence electrons. The number of hydrogen-bond donors (Lipinski definition) is 2. The highest BCUT2D eigenvalue weighted by Crippen LogP contribution is 2.17. The van der Waals surface area contributed by atoms with Crippen molar-refractivity contribution in [3.05, 3.63) is 11.4 Å². The molecule has 3 N–H and O–H groups in total. The molecule has 0 unspecified atom stereocenters. The smallest absolute Gasteiger partial charge is 0.276 e. The molecule has 0 atom stereocenters. The van der Waals surface area contributed by atoms with Crippen molar-refractivity contribution in [3.8, 4) is 0 Å². The Balaban J connectivity index is 2.92. The Labute approximate surface area is 96.0 Å². The number of rotatable bonds is 4. The van der Waals surface area contributed by atoms with Gasteiger partial charge in [-0.2, -0.15) is 5.10 Å². The molecule has 0 saturated carbocycles. The largest absolute Gasteiger partial charge is 0.395 e.